The van der Waals surface area contributed by atoms with Crippen molar-refractivity contribution in [2.45, 2.75) is 0 Å². The van der Waals surface area contributed by atoms with Crippen LogP contribution in [-0.2, 0) is 0 Å². The fraction of sp³-hybridized carbons (Fsp3) is 0.200. The number of anilines is 2. The van der Waals surface area contributed by atoms with E-state index in [9.17, 15) is 9.59 Å². The molecule has 1 rings (SSSR count). The largest absolute Gasteiger partial charge is 0.398 e. The summed E-state index contributed by atoms with van der Waals surface area (Å²) in [6.45, 7) is 0. The number of rotatable bonds is 4. The minimum absolute atomic E-state index is 0.0562. The summed E-state index contributed by atoms with van der Waals surface area (Å²) in [5, 5.41) is 0. The van der Waals surface area contributed by atoms with Gasteiger partial charge in [-0.2, -0.15) is 0 Å². The Morgan fingerprint density at radius 3 is 1.50 bits per heavy atom. The van der Waals surface area contributed by atoms with Crippen LogP contribution < -0.4 is 11.5 Å². The number of alkyl halides is 2. The summed E-state index contributed by atoms with van der Waals surface area (Å²) >= 11 is 10.9. The zero-order valence-electron chi connectivity index (χ0n) is 8.30. The molecule has 1 aromatic carbocycles. The molecule has 0 heterocycles. The molecular weight excluding hydrogens is 251 g/mol. The molecule has 0 atom stereocenters. The topological polar surface area (TPSA) is 86.2 Å². The van der Waals surface area contributed by atoms with Gasteiger partial charge >= 0.3 is 0 Å². The molecule has 4 N–H and O–H groups in total. The Labute approximate surface area is 103 Å². The lowest BCUT2D eigenvalue weighted by molar-refractivity contribution is 0.0985. The number of ketones is 2. The Hall–Kier alpha value is -1.26. The number of Topliss-reactive ketones (excluding diaryl/α,β-unsaturated/α-hetero) is 2. The first-order valence-corrected chi connectivity index (χ1v) is 5.46. The molecule has 0 unspecified atom stereocenters. The van der Waals surface area contributed by atoms with Gasteiger partial charge in [-0.15, -0.1) is 23.2 Å². The van der Waals surface area contributed by atoms with E-state index < -0.39 is 11.6 Å². The van der Waals surface area contributed by atoms with E-state index in [-0.39, 0.29) is 34.3 Å². The summed E-state index contributed by atoms with van der Waals surface area (Å²) < 4.78 is 0. The van der Waals surface area contributed by atoms with Gasteiger partial charge in [0.05, 0.1) is 22.9 Å². The molecule has 86 valence electrons. The lowest BCUT2D eigenvalue weighted by atomic mass is 9.97. The molecule has 0 saturated carbocycles. The maximum Gasteiger partial charge on any atom is 0.180 e. The van der Waals surface area contributed by atoms with Gasteiger partial charge in [-0.3, -0.25) is 9.59 Å². The Balaban J connectivity index is 3.49. The van der Waals surface area contributed by atoms with Gasteiger partial charge in [-0.1, -0.05) is 0 Å². The molecule has 0 aliphatic heterocycles. The molecule has 6 heteroatoms. The Bertz CT molecular complexity index is 406. The maximum atomic E-state index is 11.6. The molecule has 0 bridgehead atoms. The summed E-state index contributed by atoms with van der Waals surface area (Å²) in [6.07, 6.45) is 0. The van der Waals surface area contributed by atoms with Crippen molar-refractivity contribution in [3.05, 3.63) is 23.3 Å². The van der Waals surface area contributed by atoms with Gasteiger partial charge in [0.1, 0.15) is 0 Å². The number of nitrogen functional groups attached to an aromatic ring is 2. The number of hydrogen-bond donors (Lipinski definition) is 2. The fourth-order valence-corrected chi connectivity index (χ4v) is 1.64. The summed E-state index contributed by atoms with van der Waals surface area (Å²) in [5.74, 6) is -1.42. The highest BCUT2D eigenvalue weighted by atomic mass is 35.5. The fourth-order valence-electron chi connectivity index (χ4n) is 1.37. The van der Waals surface area contributed by atoms with E-state index in [1.165, 1.54) is 12.1 Å². The van der Waals surface area contributed by atoms with E-state index in [1.54, 1.807) is 0 Å². The molecule has 0 aliphatic rings. The molecule has 0 spiro atoms. The number of halogens is 2. The minimum Gasteiger partial charge on any atom is -0.398 e. The van der Waals surface area contributed by atoms with E-state index in [0.29, 0.717) is 0 Å². The summed E-state index contributed by atoms with van der Waals surface area (Å²) in [5.41, 5.74) is 11.7. The Morgan fingerprint density at radius 2 is 1.25 bits per heavy atom. The number of benzene rings is 1. The first kappa shape index (κ1) is 12.8. The predicted octanol–water partition coefficient (Wildman–Crippen LogP) is 1.69. The van der Waals surface area contributed by atoms with E-state index >= 15 is 0 Å². The highest BCUT2D eigenvalue weighted by molar-refractivity contribution is 6.35. The van der Waals surface area contributed by atoms with Gasteiger partial charge in [0.2, 0.25) is 0 Å². The molecule has 4 nitrogen and oxygen atoms in total. The highest BCUT2D eigenvalue weighted by Gasteiger charge is 2.21. The average molecular weight is 261 g/mol. The Kier molecular flexibility index (Phi) is 4.15. The molecule has 0 fully saturated rings. The molecule has 16 heavy (non-hydrogen) atoms. The van der Waals surface area contributed by atoms with Crippen LogP contribution in [0.25, 0.3) is 0 Å². The van der Waals surface area contributed by atoms with E-state index in [1.807, 2.05) is 0 Å². The van der Waals surface area contributed by atoms with Crippen molar-refractivity contribution in [3.63, 3.8) is 0 Å². The van der Waals surface area contributed by atoms with Crippen molar-refractivity contribution in [1.82, 2.24) is 0 Å². The normalized spacial score (nSPS) is 10.1. The lowest BCUT2D eigenvalue weighted by Gasteiger charge is -2.11. The van der Waals surface area contributed by atoms with Crippen molar-refractivity contribution in [1.29, 1.82) is 0 Å². The molecule has 1 aromatic rings. The summed E-state index contributed by atoms with van der Waals surface area (Å²) in [7, 11) is 0. The third kappa shape index (κ3) is 2.28. The van der Waals surface area contributed by atoms with Gasteiger partial charge in [0.15, 0.2) is 11.6 Å². The number of nitrogens with two attached hydrogens (primary N) is 2. The van der Waals surface area contributed by atoms with Crippen LogP contribution in [0.2, 0.25) is 0 Å². The third-order valence-electron chi connectivity index (χ3n) is 2.07. The van der Waals surface area contributed by atoms with Crippen molar-refractivity contribution in [2.75, 3.05) is 23.2 Å². The van der Waals surface area contributed by atoms with Crippen LogP contribution in [0.5, 0.6) is 0 Å². The van der Waals surface area contributed by atoms with E-state index in [2.05, 4.69) is 0 Å². The number of hydrogen-bond acceptors (Lipinski definition) is 4. The van der Waals surface area contributed by atoms with Crippen LogP contribution in [0, 0.1) is 0 Å². The van der Waals surface area contributed by atoms with Crippen LogP contribution in [-0.4, -0.2) is 23.3 Å². The SMILES string of the molecule is Nc1ccc(N)c(C(=O)CCl)c1C(=O)CCl. The quantitative estimate of drug-likeness (QED) is 0.490. The summed E-state index contributed by atoms with van der Waals surface area (Å²) in [6, 6.07) is 2.92. The third-order valence-corrected chi connectivity index (χ3v) is 2.56. The molecule has 0 saturated heterocycles. The van der Waals surface area contributed by atoms with Gasteiger partial charge < -0.3 is 11.5 Å². The van der Waals surface area contributed by atoms with Crippen molar-refractivity contribution < 1.29 is 9.59 Å². The monoisotopic (exact) mass is 260 g/mol. The molecular formula is C10H10Cl2N2O2. The highest BCUT2D eigenvalue weighted by Crippen LogP contribution is 2.25. The van der Waals surface area contributed by atoms with Gasteiger partial charge in [0.25, 0.3) is 0 Å². The first-order chi connectivity index (χ1) is 7.52. The van der Waals surface area contributed by atoms with Crippen LogP contribution in [0.1, 0.15) is 20.7 Å². The predicted molar refractivity (Wildman–Crippen MR) is 65.4 cm³/mol. The van der Waals surface area contributed by atoms with Crippen LogP contribution in [0.4, 0.5) is 11.4 Å². The van der Waals surface area contributed by atoms with Gasteiger partial charge in [-0.05, 0) is 12.1 Å². The van der Waals surface area contributed by atoms with Crippen LogP contribution in [0.15, 0.2) is 12.1 Å². The molecule has 0 radical (unpaired) electrons. The van der Waals surface area contributed by atoms with Crippen molar-refractivity contribution in [3.8, 4) is 0 Å². The average Bonchev–Trinajstić information content (AvgIpc) is 2.29. The second-order valence-electron chi connectivity index (χ2n) is 3.11. The second kappa shape index (κ2) is 5.18. The summed E-state index contributed by atoms with van der Waals surface area (Å²) in [4.78, 5) is 23.1. The molecule has 0 aliphatic carbocycles. The zero-order chi connectivity index (χ0) is 12.3. The first-order valence-electron chi connectivity index (χ1n) is 4.39. The van der Waals surface area contributed by atoms with Crippen molar-refractivity contribution >= 4 is 46.1 Å². The van der Waals surface area contributed by atoms with Crippen LogP contribution in [0.3, 0.4) is 0 Å². The lowest BCUT2D eigenvalue weighted by Crippen LogP contribution is -2.16. The standard InChI is InChI=1S/C10H10Cl2N2O2/c11-3-7(15)9-5(13)1-2-6(14)10(9)8(16)4-12/h1-2H,3-4,13-14H2. The van der Waals surface area contributed by atoms with E-state index in [4.69, 9.17) is 34.7 Å². The second-order valence-corrected chi connectivity index (χ2v) is 3.64. The number of carbonyl (C=O) groups excluding carboxylic acids is 2. The van der Waals surface area contributed by atoms with Gasteiger partial charge in [0, 0.05) is 11.4 Å². The molecule has 0 aromatic heterocycles. The molecule has 0 amide bonds. The Morgan fingerprint density at radius 1 is 0.938 bits per heavy atom. The number of carbonyl (C=O) groups is 2. The zero-order valence-corrected chi connectivity index (χ0v) is 9.81. The minimum atomic E-state index is -0.445. The van der Waals surface area contributed by atoms with Crippen LogP contribution >= 0.6 is 23.2 Å². The van der Waals surface area contributed by atoms with Gasteiger partial charge in [-0.25, -0.2) is 0 Å². The smallest absolute Gasteiger partial charge is 0.180 e. The van der Waals surface area contributed by atoms with Crippen molar-refractivity contribution in [2.24, 2.45) is 0 Å². The maximum absolute atomic E-state index is 11.6. The van der Waals surface area contributed by atoms with E-state index in [0.717, 1.165) is 0 Å².